The van der Waals surface area contributed by atoms with Gasteiger partial charge in [-0.3, -0.25) is 4.79 Å². The summed E-state index contributed by atoms with van der Waals surface area (Å²) in [7, 11) is 1.82. The Hall–Kier alpha value is -1.87. The molecule has 2 aromatic carbocycles. The van der Waals surface area contributed by atoms with Gasteiger partial charge in [0.2, 0.25) is 5.91 Å². The zero-order chi connectivity index (χ0) is 15.4. The van der Waals surface area contributed by atoms with E-state index in [4.69, 9.17) is 5.73 Å². The molecule has 0 spiro atoms. The highest BCUT2D eigenvalue weighted by Crippen LogP contribution is 2.17. The molecule has 0 radical (unpaired) electrons. The van der Waals surface area contributed by atoms with E-state index in [9.17, 15) is 4.79 Å². The lowest BCUT2D eigenvalue weighted by Crippen LogP contribution is -2.45. The second kappa shape index (κ2) is 6.72. The van der Waals surface area contributed by atoms with Gasteiger partial charge < -0.3 is 10.6 Å². The van der Waals surface area contributed by atoms with Crippen LogP contribution in [-0.2, 0) is 11.3 Å². The molecule has 21 heavy (non-hydrogen) atoms. The number of carbonyl (C=O) groups excluding carboxylic acids is 1. The lowest BCUT2D eigenvalue weighted by atomic mass is 9.99. The fourth-order valence-electron chi connectivity index (χ4n) is 2.44. The molecule has 0 fully saturated rings. The van der Waals surface area contributed by atoms with Crippen LogP contribution in [-0.4, -0.2) is 23.9 Å². The number of nitrogens with zero attached hydrogens (tertiary/aromatic N) is 1. The lowest BCUT2D eigenvalue weighted by molar-refractivity contribution is -0.132. The predicted octanol–water partition coefficient (Wildman–Crippen LogP) is 3.17. The van der Waals surface area contributed by atoms with Crippen molar-refractivity contribution >= 4 is 16.7 Å². The van der Waals surface area contributed by atoms with E-state index in [0.29, 0.717) is 6.54 Å². The second-order valence-corrected chi connectivity index (χ2v) is 5.79. The molecule has 3 heteroatoms. The molecule has 0 bridgehead atoms. The number of carbonyl (C=O) groups is 1. The summed E-state index contributed by atoms with van der Waals surface area (Å²) in [5.41, 5.74) is 7.15. The molecule has 2 N–H and O–H groups in total. The minimum Gasteiger partial charge on any atom is -0.340 e. The summed E-state index contributed by atoms with van der Waals surface area (Å²) in [6.07, 6.45) is 0.913. The van der Waals surface area contributed by atoms with Crippen LogP contribution in [0.1, 0.15) is 25.8 Å². The highest BCUT2D eigenvalue weighted by molar-refractivity contribution is 5.84. The molecular weight excluding hydrogens is 260 g/mol. The molecule has 0 saturated carbocycles. The summed E-state index contributed by atoms with van der Waals surface area (Å²) in [6.45, 7) is 4.67. The van der Waals surface area contributed by atoms with E-state index < -0.39 is 6.04 Å². The Morgan fingerprint density at radius 1 is 1.19 bits per heavy atom. The Morgan fingerprint density at radius 2 is 1.86 bits per heavy atom. The van der Waals surface area contributed by atoms with Gasteiger partial charge in [-0.1, -0.05) is 56.7 Å². The summed E-state index contributed by atoms with van der Waals surface area (Å²) < 4.78 is 0. The van der Waals surface area contributed by atoms with Crippen molar-refractivity contribution in [3.05, 3.63) is 48.0 Å². The number of fused-ring (bicyclic) bond motifs is 1. The van der Waals surface area contributed by atoms with Crippen molar-refractivity contribution in [2.45, 2.75) is 32.9 Å². The second-order valence-electron chi connectivity index (χ2n) is 5.79. The lowest BCUT2D eigenvalue weighted by Gasteiger charge is -2.24. The van der Waals surface area contributed by atoms with E-state index in [-0.39, 0.29) is 11.8 Å². The van der Waals surface area contributed by atoms with Crippen LogP contribution in [0.5, 0.6) is 0 Å². The van der Waals surface area contributed by atoms with Gasteiger partial charge in [0.25, 0.3) is 0 Å². The van der Waals surface area contributed by atoms with Crippen molar-refractivity contribution in [1.29, 1.82) is 0 Å². The van der Waals surface area contributed by atoms with E-state index in [0.717, 1.165) is 12.0 Å². The zero-order valence-corrected chi connectivity index (χ0v) is 13.0. The average molecular weight is 284 g/mol. The zero-order valence-electron chi connectivity index (χ0n) is 13.0. The minimum atomic E-state index is -0.416. The first-order valence-corrected chi connectivity index (χ1v) is 7.51. The number of benzene rings is 2. The smallest absolute Gasteiger partial charge is 0.239 e. The first-order valence-electron chi connectivity index (χ1n) is 7.51. The van der Waals surface area contributed by atoms with Gasteiger partial charge in [0, 0.05) is 13.6 Å². The van der Waals surface area contributed by atoms with Gasteiger partial charge in [-0.05, 0) is 28.3 Å². The molecule has 0 heterocycles. The largest absolute Gasteiger partial charge is 0.340 e. The summed E-state index contributed by atoms with van der Waals surface area (Å²) in [5.74, 6) is 0.217. The van der Waals surface area contributed by atoms with Crippen LogP contribution in [0.3, 0.4) is 0 Å². The number of likely N-dealkylation sites (N-methyl/N-ethyl adjacent to an activating group) is 1. The van der Waals surface area contributed by atoms with Crippen molar-refractivity contribution in [1.82, 2.24) is 4.90 Å². The number of nitrogens with two attached hydrogens (primary N) is 1. The van der Waals surface area contributed by atoms with Crippen LogP contribution in [0.25, 0.3) is 10.8 Å². The Bertz CT molecular complexity index is 623. The van der Waals surface area contributed by atoms with Crippen molar-refractivity contribution in [3.63, 3.8) is 0 Å². The van der Waals surface area contributed by atoms with Crippen molar-refractivity contribution in [2.24, 2.45) is 11.7 Å². The first kappa shape index (κ1) is 15.5. The maximum Gasteiger partial charge on any atom is 0.239 e. The third-order valence-corrected chi connectivity index (χ3v) is 4.15. The van der Waals surface area contributed by atoms with Crippen molar-refractivity contribution in [3.8, 4) is 0 Å². The Labute approximate surface area is 126 Å². The van der Waals surface area contributed by atoms with Gasteiger partial charge in [0.1, 0.15) is 0 Å². The molecule has 2 atom stereocenters. The van der Waals surface area contributed by atoms with Crippen LogP contribution in [0.2, 0.25) is 0 Å². The monoisotopic (exact) mass is 284 g/mol. The molecule has 2 aromatic rings. The summed E-state index contributed by atoms with van der Waals surface area (Å²) >= 11 is 0. The Morgan fingerprint density at radius 3 is 2.52 bits per heavy atom. The molecule has 112 valence electrons. The SMILES string of the molecule is CC[C@H](C)[C@H](N)C(=O)N(C)Cc1ccc2ccccc2c1. The molecule has 1 amide bonds. The number of hydrogen-bond donors (Lipinski definition) is 1. The van der Waals surface area contributed by atoms with Gasteiger partial charge in [0.05, 0.1) is 6.04 Å². The molecule has 0 unspecified atom stereocenters. The molecule has 0 aromatic heterocycles. The fourth-order valence-corrected chi connectivity index (χ4v) is 2.44. The van der Waals surface area contributed by atoms with Gasteiger partial charge in [-0.2, -0.15) is 0 Å². The van der Waals surface area contributed by atoms with E-state index >= 15 is 0 Å². The maximum atomic E-state index is 12.3. The van der Waals surface area contributed by atoms with E-state index in [1.165, 1.54) is 10.8 Å². The number of amides is 1. The van der Waals surface area contributed by atoms with Gasteiger partial charge >= 0.3 is 0 Å². The van der Waals surface area contributed by atoms with E-state index in [1.807, 2.05) is 26.1 Å². The van der Waals surface area contributed by atoms with Crippen molar-refractivity contribution < 1.29 is 4.79 Å². The minimum absolute atomic E-state index is 0.0116. The normalized spacial score (nSPS) is 13.9. The van der Waals surface area contributed by atoms with Crippen LogP contribution >= 0.6 is 0 Å². The van der Waals surface area contributed by atoms with Crippen molar-refractivity contribution in [2.75, 3.05) is 7.05 Å². The van der Waals surface area contributed by atoms with Crippen LogP contribution < -0.4 is 5.73 Å². The predicted molar refractivity (Wildman–Crippen MR) is 87.9 cm³/mol. The number of hydrogen-bond acceptors (Lipinski definition) is 2. The van der Waals surface area contributed by atoms with E-state index in [1.54, 1.807) is 4.90 Å². The Kier molecular flexibility index (Phi) is 4.97. The number of rotatable bonds is 5. The third-order valence-electron chi connectivity index (χ3n) is 4.15. The van der Waals surface area contributed by atoms with Crippen LogP contribution in [0, 0.1) is 5.92 Å². The van der Waals surface area contributed by atoms with E-state index in [2.05, 4.69) is 37.3 Å². The quantitative estimate of drug-likeness (QED) is 0.916. The van der Waals surface area contributed by atoms with Crippen LogP contribution in [0.4, 0.5) is 0 Å². The molecule has 3 nitrogen and oxygen atoms in total. The summed E-state index contributed by atoms with van der Waals surface area (Å²) in [5, 5.41) is 2.41. The summed E-state index contributed by atoms with van der Waals surface area (Å²) in [4.78, 5) is 14.0. The van der Waals surface area contributed by atoms with Gasteiger partial charge in [-0.15, -0.1) is 0 Å². The average Bonchev–Trinajstić information content (AvgIpc) is 2.52. The maximum absolute atomic E-state index is 12.3. The van der Waals surface area contributed by atoms with Crippen LogP contribution in [0.15, 0.2) is 42.5 Å². The molecular formula is C18H24N2O. The fraction of sp³-hybridized carbons (Fsp3) is 0.389. The molecule has 0 saturated heterocycles. The third kappa shape index (κ3) is 3.61. The molecule has 0 aliphatic carbocycles. The highest BCUT2D eigenvalue weighted by Gasteiger charge is 2.22. The summed E-state index contributed by atoms with van der Waals surface area (Å²) in [6, 6.07) is 14.1. The molecule has 0 aliphatic rings. The standard InChI is InChI=1S/C18H24N2O/c1-4-13(2)17(19)18(21)20(3)12-14-9-10-15-7-5-6-8-16(15)11-14/h5-11,13,17H,4,12,19H2,1-3H3/t13-,17-/m0/s1. The molecule has 2 rings (SSSR count). The first-order chi connectivity index (χ1) is 10.0. The molecule has 0 aliphatic heterocycles. The topological polar surface area (TPSA) is 46.3 Å². The van der Waals surface area contributed by atoms with Gasteiger partial charge in [-0.25, -0.2) is 0 Å². The highest BCUT2D eigenvalue weighted by atomic mass is 16.2. The Balaban J connectivity index is 2.10. The van der Waals surface area contributed by atoms with Gasteiger partial charge in [0.15, 0.2) is 0 Å².